The summed E-state index contributed by atoms with van der Waals surface area (Å²) in [6.45, 7) is 2.76. The Balaban J connectivity index is 1.24. The molecular formula is C25H29ClN4O3. The van der Waals surface area contributed by atoms with E-state index in [-0.39, 0.29) is 11.8 Å². The zero-order valence-corrected chi connectivity index (χ0v) is 19.6. The van der Waals surface area contributed by atoms with Gasteiger partial charge in [-0.25, -0.2) is 0 Å². The fraction of sp³-hybridized carbons (Fsp3) is 0.400. The van der Waals surface area contributed by atoms with Gasteiger partial charge >= 0.3 is 0 Å². The highest BCUT2D eigenvalue weighted by Gasteiger charge is 2.26. The average molecular weight is 469 g/mol. The van der Waals surface area contributed by atoms with Gasteiger partial charge < -0.3 is 14.6 Å². The minimum absolute atomic E-state index is 0.0315. The maximum Gasteiger partial charge on any atom is 0.241 e. The topological polar surface area (TPSA) is 80.5 Å². The van der Waals surface area contributed by atoms with Crippen molar-refractivity contribution in [3.8, 4) is 17.1 Å². The van der Waals surface area contributed by atoms with Gasteiger partial charge in [-0.3, -0.25) is 9.69 Å². The standard InChI is InChI=1S/C25H29ClN4O3/c1-32-22-13-5-2-8-18(22)9-6-14-27-25(31)19-10-7-15-30(16-19)17-23-28-24(29-33-23)20-11-3-4-12-21(20)26/h2-5,8,11-13,19H,6-7,9-10,14-17H2,1H3,(H,27,31). The summed E-state index contributed by atoms with van der Waals surface area (Å²) in [5.41, 5.74) is 1.91. The summed E-state index contributed by atoms with van der Waals surface area (Å²) in [4.78, 5) is 19.4. The first-order valence-corrected chi connectivity index (χ1v) is 11.7. The minimum Gasteiger partial charge on any atom is -0.496 e. The Hall–Kier alpha value is -2.90. The van der Waals surface area contributed by atoms with E-state index in [9.17, 15) is 4.79 Å². The number of halogens is 1. The van der Waals surface area contributed by atoms with Crippen LogP contribution in [0.4, 0.5) is 0 Å². The lowest BCUT2D eigenvalue weighted by Crippen LogP contribution is -2.43. The molecule has 1 unspecified atom stereocenters. The fourth-order valence-corrected chi connectivity index (χ4v) is 4.44. The van der Waals surface area contributed by atoms with Crippen LogP contribution in [0.1, 0.15) is 30.7 Å². The molecule has 1 fully saturated rings. The van der Waals surface area contributed by atoms with Crippen LogP contribution < -0.4 is 10.1 Å². The molecule has 0 spiro atoms. The van der Waals surface area contributed by atoms with Crippen molar-refractivity contribution in [2.24, 2.45) is 5.92 Å². The van der Waals surface area contributed by atoms with Crippen LogP contribution in [-0.2, 0) is 17.8 Å². The van der Waals surface area contributed by atoms with Gasteiger partial charge in [-0.2, -0.15) is 4.98 Å². The van der Waals surface area contributed by atoms with Crippen molar-refractivity contribution >= 4 is 17.5 Å². The number of carbonyl (C=O) groups excluding carboxylic acids is 1. The summed E-state index contributed by atoms with van der Waals surface area (Å²) in [5.74, 6) is 1.99. The highest BCUT2D eigenvalue weighted by molar-refractivity contribution is 6.33. The molecule has 4 rings (SSSR count). The van der Waals surface area contributed by atoms with Gasteiger partial charge in [0.25, 0.3) is 0 Å². The van der Waals surface area contributed by atoms with E-state index < -0.39 is 0 Å². The second kappa shape index (κ2) is 11.3. The summed E-state index contributed by atoms with van der Waals surface area (Å²) in [5, 5.41) is 7.76. The van der Waals surface area contributed by atoms with Gasteiger partial charge in [0.1, 0.15) is 5.75 Å². The summed E-state index contributed by atoms with van der Waals surface area (Å²) in [6.07, 6.45) is 3.59. The highest BCUT2D eigenvalue weighted by atomic mass is 35.5. The molecule has 1 N–H and O–H groups in total. The number of aryl methyl sites for hydroxylation is 1. The Labute approximate surface area is 199 Å². The lowest BCUT2D eigenvalue weighted by Gasteiger charge is -2.30. The SMILES string of the molecule is COc1ccccc1CCCNC(=O)C1CCCN(Cc2nc(-c3ccccc3Cl)no2)C1. The quantitative estimate of drug-likeness (QED) is 0.470. The average Bonchev–Trinajstić information content (AvgIpc) is 3.30. The number of rotatable bonds is 9. The monoisotopic (exact) mass is 468 g/mol. The maximum absolute atomic E-state index is 12.7. The number of carbonyl (C=O) groups is 1. The molecule has 7 nitrogen and oxygen atoms in total. The van der Waals surface area contributed by atoms with Crippen molar-refractivity contribution in [2.75, 3.05) is 26.7 Å². The molecular weight excluding hydrogens is 440 g/mol. The van der Waals surface area contributed by atoms with E-state index in [1.807, 2.05) is 36.4 Å². The third kappa shape index (κ3) is 6.12. The van der Waals surface area contributed by atoms with Gasteiger partial charge in [0, 0.05) is 18.7 Å². The molecule has 174 valence electrons. The van der Waals surface area contributed by atoms with E-state index in [4.69, 9.17) is 20.9 Å². The maximum atomic E-state index is 12.7. The number of nitrogens with zero attached hydrogens (tertiary/aromatic N) is 3. The first-order valence-electron chi connectivity index (χ1n) is 11.3. The van der Waals surface area contributed by atoms with E-state index in [2.05, 4.69) is 26.4 Å². The number of likely N-dealkylation sites (tertiary alicyclic amines) is 1. The first-order chi connectivity index (χ1) is 16.1. The molecule has 0 aliphatic carbocycles. The molecule has 1 aromatic heterocycles. The molecule has 0 saturated carbocycles. The minimum atomic E-state index is -0.0315. The number of aromatic nitrogens is 2. The summed E-state index contributed by atoms with van der Waals surface area (Å²) < 4.78 is 10.8. The number of hydrogen-bond donors (Lipinski definition) is 1. The Morgan fingerprint density at radius 1 is 1.24 bits per heavy atom. The Morgan fingerprint density at radius 3 is 2.91 bits per heavy atom. The van der Waals surface area contributed by atoms with E-state index in [0.717, 1.165) is 49.1 Å². The molecule has 8 heteroatoms. The van der Waals surface area contributed by atoms with Gasteiger partial charge in [-0.1, -0.05) is 47.1 Å². The van der Waals surface area contributed by atoms with Crippen LogP contribution in [0.5, 0.6) is 5.75 Å². The fourth-order valence-electron chi connectivity index (χ4n) is 4.22. The molecule has 33 heavy (non-hydrogen) atoms. The normalized spacial score (nSPS) is 16.5. The highest BCUT2D eigenvalue weighted by Crippen LogP contribution is 2.26. The molecule has 1 aliphatic rings. The smallest absolute Gasteiger partial charge is 0.241 e. The number of benzene rings is 2. The number of para-hydroxylation sites is 1. The molecule has 3 aromatic rings. The molecule has 2 aromatic carbocycles. The van der Waals surface area contributed by atoms with Gasteiger partial charge in [0.05, 0.1) is 24.6 Å². The Kier molecular flexibility index (Phi) is 7.96. The molecule has 0 radical (unpaired) electrons. The zero-order chi connectivity index (χ0) is 23.0. The van der Waals surface area contributed by atoms with Gasteiger partial charge in [0.2, 0.25) is 17.6 Å². The number of amides is 1. The number of nitrogens with one attached hydrogen (secondary N) is 1. The predicted molar refractivity (Wildman–Crippen MR) is 127 cm³/mol. The van der Waals surface area contributed by atoms with Crippen molar-refractivity contribution in [2.45, 2.75) is 32.2 Å². The van der Waals surface area contributed by atoms with Crippen LogP contribution >= 0.6 is 11.6 Å². The Morgan fingerprint density at radius 2 is 2.06 bits per heavy atom. The second-order valence-corrected chi connectivity index (χ2v) is 8.68. The van der Waals surface area contributed by atoms with Crippen molar-refractivity contribution in [3.63, 3.8) is 0 Å². The summed E-state index contributed by atoms with van der Waals surface area (Å²) in [7, 11) is 1.68. The lowest BCUT2D eigenvalue weighted by molar-refractivity contribution is -0.126. The van der Waals surface area contributed by atoms with Gasteiger partial charge in [-0.15, -0.1) is 0 Å². The number of ether oxygens (including phenoxy) is 1. The number of hydrogen-bond acceptors (Lipinski definition) is 6. The van der Waals surface area contributed by atoms with Crippen molar-refractivity contribution in [3.05, 3.63) is 65.0 Å². The Bertz CT molecular complexity index is 1070. The second-order valence-electron chi connectivity index (χ2n) is 8.27. The van der Waals surface area contributed by atoms with Crippen LogP contribution in [0, 0.1) is 5.92 Å². The zero-order valence-electron chi connectivity index (χ0n) is 18.8. The summed E-state index contributed by atoms with van der Waals surface area (Å²) >= 11 is 6.23. The van der Waals surface area contributed by atoms with Gasteiger partial charge in [0.15, 0.2) is 0 Å². The van der Waals surface area contributed by atoms with E-state index in [1.54, 1.807) is 13.2 Å². The van der Waals surface area contributed by atoms with Crippen LogP contribution in [-0.4, -0.2) is 47.7 Å². The van der Waals surface area contributed by atoms with Crippen molar-refractivity contribution in [1.82, 2.24) is 20.4 Å². The molecule has 1 aliphatic heterocycles. The largest absolute Gasteiger partial charge is 0.496 e. The van der Waals surface area contributed by atoms with Gasteiger partial charge in [-0.05, 0) is 56.0 Å². The van der Waals surface area contributed by atoms with E-state index in [1.165, 1.54) is 0 Å². The molecule has 1 saturated heterocycles. The molecule has 1 atom stereocenters. The third-order valence-corrected chi connectivity index (χ3v) is 6.26. The van der Waals surface area contributed by atoms with Crippen LogP contribution in [0.3, 0.4) is 0 Å². The summed E-state index contributed by atoms with van der Waals surface area (Å²) in [6, 6.07) is 15.4. The lowest BCUT2D eigenvalue weighted by atomic mass is 9.97. The van der Waals surface area contributed by atoms with Crippen LogP contribution in [0.15, 0.2) is 53.1 Å². The van der Waals surface area contributed by atoms with Crippen LogP contribution in [0.2, 0.25) is 5.02 Å². The van der Waals surface area contributed by atoms with Crippen molar-refractivity contribution in [1.29, 1.82) is 0 Å². The van der Waals surface area contributed by atoms with Crippen molar-refractivity contribution < 1.29 is 14.1 Å². The van der Waals surface area contributed by atoms with Crippen LogP contribution in [0.25, 0.3) is 11.4 Å². The molecule has 1 amide bonds. The number of piperidine rings is 1. The predicted octanol–water partition coefficient (Wildman–Crippen LogP) is 4.36. The number of methoxy groups -OCH3 is 1. The third-order valence-electron chi connectivity index (χ3n) is 5.93. The first kappa shape index (κ1) is 23.3. The van der Waals surface area contributed by atoms with E-state index >= 15 is 0 Å². The van der Waals surface area contributed by atoms with E-state index in [0.29, 0.717) is 36.4 Å². The molecule has 0 bridgehead atoms. The molecule has 2 heterocycles.